The Bertz CT molecular complexity index is 752. The Kier molecular flexibility index (Phi) is 6.16. The molecule has 0 radical (unpaired) electrons. The van der Waals surface area contributed by atoms with Crippen LogP contribution in [0.15, 0.2) is 27.6 Å². The van der Waals surface area contributed by atoms with Crippen LogP contribution in [0, 0.1) is 0 Å². The van der Waals surface area contributed by atoms with E-state index in [2.05, 4.69) is 15.9 Å². The average molecular weight is 444 g/mol. The zero-order valence-electron chi connectivity index (χ0n) is 13.3. The second-order valence-corrected chi connectivity index (χ2v) is 8.24. The molecule has 1 atom stereocenters. The summed E-state index contributed by atoms with van der Waals surface area (Å²) >= 11 is 2.91. The summed E-state index contributed by atoms with van der Waals surface area (Å²) < 4.78 is 69.8. The number of benzene rings is 1. The van der Waals surface area contributed by atoms with Gasteiger partial charge in [0.2, 0.25) is 10.0 Å². The first-order valence-electron chi connectivity index (χ1n) is 7.64. The van der Waals surface area contributed by atoms with E-state index in [0.29, 0.717) is 25.3 Å². The van der Waals surface area contributed by atoms with Crippen molar-refractivity contribution in [1.82, 2.24) is 4.31 Å². The van der Waals surface area contributed by atoms with Crippen LogP contribution in [0.1, 0.15) is 31.7 Å². The number of rotatable bonds is 4. The van der Waals surface area contributed by atoms with Crippen molar-refractivity contribution in [3.63, 3.8) is 0 Å². The maximum atomic E-state index is 12.9. The summed E-state index contributed by atoms with van der Waals surface area (Å²) in [5, 5.41) is 0. The summed E-state index contributed by atoms with van der Waals surface area (Å²) in [6.45, 7) is 1.85. The summed E-state index contributed by atoms with van der Waals surface area (Å²) in [5.41, 5.74) is -0.959. The van der Waals surface area contributed by atoms with Gasteiger partial charge < -0.3 is 4.74 Å². The zero-order chi connectivity index (χ0) is 18.8. The van der Waals surface area contributed by atoms with E-state index < -0.39 is 33.8 Å². The quantitative estimate of drug-likeness (QED) is 0.667. The van der Waals surface area contributed by atoms with E-state index in [1.807, 2.05) is 0 Å². The molecule has 0 saturated carbocycles. The van der Waals surface area contributed by atoms with Crippen molar-refractivity contribution in [2.75, 3.05) is 13.2 Å². The number of nitrogens with zero attached hydrogens (tertiary/aromatic N) is 1. The van der Waals surface area contributed by atoms with Gasteiger partial charge in [-0.15, -0.1) is 0 Å². The summed E-state index contributed by atoms with van der Waals surface area (Å²) in [6.07, 6.45) is -3.03. The van der Waals surface area contributed by atoms with Crippen LogP contribution in [-0.2, 0) is 25.7 Å². The molecule has 5 nitrogen and oxygen atoms in total. The number of hydrogen-bond acceptors (Lipinski definition) is 4. The molecule has 25 heavy (non-hydrogen) atoms. The van der Waals surface area contributed by atoms with Gasteiger partial charge in [-0.1, -0.05) is 0 Å². The average Bonchev–Trinajstić information content (AvgIpc) is 2.54. The number of esters is 1. The number of ether oxygens (including phenoxy) is 1. The Labute approximate surface area is 152 Å². The van der Waals surface area contributed by atoms with Crippen LogP contribution >= 0.6 is 15.9 Å². The predicted molar refractivity (Wildman–Crippen MR) is 87.3 cm³/mol. The molecule has 0 N–H and O–H groups in total. The molecule has 1 unspecified atom stereocenters. The van der Waals surface area contributed by atoms with Crippen molar-refractivity contribution in [3.8, 4) is 0 Å². The van der Waals surface area contributed by atoms with Gasteiger partial charge in [0.15, 0.2) is 0 Å². The first-order chi connectivity index (χ1) is 11.6. The minimum Gasteiger partial charge on any atom is -0.465 e. The van der Waals surface area contributed by atoms with Gasteiger partial charge in [-0.2, -0.15) is 17.5 Å². The molecule has 1 saturated heterocycles. The maximum Gasteiger partial charge on any atom is 0.416 e. The molecule has 1 fully saturated rings. The SMILES string of the molecule is CCOC(=O)C1CCCCN1S(=O)(=O)c1ccc(C(F)(F)F)cc1Br. The third-order valence-electron chi connectivity index (χ3n) is 3.86. The van der Waals surface area contributed by atoms with Crippen LogP contribution in [0.3, 0.4) is 0 Å². The van der Waals surface area contributed by atoms with E-state index in [4.69, 9.17) is 4.74 Å². The second-order valence-electron chi connectivity index (χ2n) is 5.52. The molecular weight excluding hydrogens is 427 g/mol. The van der Waals surface area contributed by atoms with E-state index >= 15 is 0 Å². The third kappa shape index (κ3) is 4.35. The topological polar surface area (TPSA) is 63.7 Å². The highest BCUT2D eigenvalue weighted by Crippen LogP contribution is 2.35. The largest absolute Gasteiger partial charge is 0.465 e. The molecule has 0 spiro atoms. The Hall–Kier alpha value is -1.13. The number of hydrogen-bond donors (Lipinski definition) is 0. The van der Waals surface area contributed by atoms with Crippen LogP contribution < -0.4 is 0 Å². The minimum absolute atomic E-state index is 0.110. The first-order valence-corrected chi connectivity index (χ1v) is 9.87. The van der Waals surface area contributed by atoms with Crippen LogP contribution in [-0.4, -0.2) is 37.9 Å². The lowest BCUT2D eigenvalue weighted by molar-refractivity contribution is -0.148. The number of alkyl halides is 3. The molecule has 2 rings (SSSR count). The Morgan fingerprint density at radius 3 is 2.60 bits per heavy atom. The third-order valence-corrected chi connectivity index (χ3v) is 6.74. The van der Waals surface area contributed by atoms with Crippen LogP contribution in [0.2, 0.25) is 0 Å². The van der Waals surface area contributed by atoms with E-state index in [1.165, 1.54) is 0 Å². The molecule has 10 heteroatoms. The van der Waals surface area contributed by atoms with Crippen LogP contribution in [0.25, 0.3) is 0 Å². The first kappa shape index (κ1) is 20.2. The van der Waals surface area contributed by atoms with Gasteiger partial charge >= 0.3 is 12.1 Å². The number of carbonyl (C=O) groups excluding carboxylic acids is 1. The highest BCUT2D eigenvalue weighted by atomic mass is 79.9. The smallest absolute Gasteiger partial charge is 0.416 e. The number of piperidine rings is 1. The summed E-state index contributed by atoms with van der Waals surface area (Å²) in [4.78, 5) is 11.8. The molecule has 0 aliphatic carbocycles. The number of sulfonamides is 1. The summed E-state index contributed by atoms with van der Waals surface area (Å²) in [6, 6.07) is 1.36. The van der Waals surface area contributed by atoms with Crippen molar-refractivity contribution < 1.29 is 31.1 Å². The number of carbonyl (C=O) groups is 1. The van der Waals surface area contributed by atoms with Gasteiger partial charge in [0.1, 0.15) is 6.04 Å². The van der Waals surface area contributed by atoms with E-state index in [-0.39, 0.29) is 22.5 Å². The summed E-state index contributed by atoms with van der Waals surface area (Å²) in [7, 11) is -4.15. The standard InChI is InChI=1S/C15H17BrF3NO4S/c1-2-24-14(21)12-5-3-4-8-20(12)25(22,23)13-7-6-10(9-11(13)16)15(17,18)19/h6-7,9,12H,2-5,8H2,1H3. The lowest BCUT2D eigenvalue weighted by Crippen LogP contribution is -2.48. The molecule has 0 bridgehead atoms. The molecule has 1 heterocycles. The van der Waals surface area contributed by atoms with Crippen molar-refractivity contribution in [1.29, 1.82) is 0 Å². The van der Waals surface area contributed by atoms with Crippen molar-refractivity contribution in [3.05, 3.63) is 28.2 Å². The zero-order valence-corrected chi connectivity index (χ0v) is 15.7. The fraction of sp³-hybridized carbons (Fsp3) is 0.533. The van der Waals surface area contributed by atoms with E-state index in [1.54, 1.807) is 6.92 Å². The molecule has 1 aromatic rings. The van der Waals surface area contributed by atoms with Gasteiger partial charge in [-0.05, 0) is 60.3 Å². The molecule has 140 valence electrons. The Balaban J connectivity index is 2.41. The fourth-order valence-electron chi connectivity index (χ4n) is 2.68. The molecule has 0 aromatic heterocycles. The molecule has 0 amide bonds. The highest BCUT2D eigenvalue weighted by Gasteiger charge is 2.40. The summed E-state index contributed by atoms with van der Waals surface area (Å²) in [5.74, 6) is -0.645. The van der Waals surface area contributed by atoms with Crippen molar-refractivity contribution >= 4 is 31.9 Å². The van der Waals surface area contributed by atoms with Gasteiger partial charge in [0.05, 0.1) is 17.1 Å². The fourth-order valence-corrected chi connectivity index (χ4v) is 5.37. The van der Waals surface area contributed by atoms with Crippen LogP contribution in [0.4, 0.5) is 13.2 Å². The van der Waals surface area contributed by atoms with Crippen molar-refractivity contribution in [2.24, 2.45) is 0 Å². The van der Waals surface area contributed by atoms with E-state index in [0.717, 1.165) is 16.4 Å². The lowest BCUT2D eigenvalue weighted by Gasteiger charge is -2.33. The molecule has 1 aliphatic rings. The van der Waals surface area contributed by atoms with Crippen LogP contribution in [0.5, 0.6) is 0 Å². The number of halogens is 4. The van der Waals surface area contributed by atoms with Gasteiger partial charge in [0.25, 0.3) is 0 Å². The normalized spacial score (nSPS) is 19.6. The Morgan fingerprint density at radius 2 is 2.04 bits per heavy atom. The lowest BCUT2D eigenvalue weighted by atomic mass is 10.1. The minimum atomic E-state index is -4.58. The maximum absolute atomic E-state index is 12.9. The van der Waals surface area contributed by atoms with Gasteiger partial charge in [0, 0.05) is 11.0 Å². The highest BCUT2D eigenvalue weighted by molar-refractivity contribution is 9.10. The predicted octanol–water partition coefficient (Wildman–Crippen LogP) is 3.57. The molecule has 1 aromatic carbocycles. The van der Waals surface area contributed by atoms with E-state index in [9.17, 15) is 26.4 Å². The van der Waals surface area contributed by atoms with Crippen molar-refractivity contribution in [2.45, 2.75) is 43.3 Å². The van der Waals surface area contributed by atoms with Gasteiger partial charge in [-0.25, -0.2) is 8.42 Å². The second kappa shape index (κ2) is 7.63. The monoisotopic (exact) mass is 443 g/mol. The molecule has 1 aliphatic heterocycles. The Morgan fingerprint density at radius 1 is 1.36 bits per heavy atom. The van der Waals surface area contributed by atoms with Gasteiger partial charge in [-0.3, -0.25) is 4.79 Å². The molecular formula is C15H17BrF3NO4S.